The third-order valence-electron chi connectivity index (χ3n) is 5.05. The molecule has 0 aromatic heterocycles. The molecule has 0 spiro atoms. The van der Waals surface area contributed by atoms with Gasteiger partial charge in [0.15, 0.2) is 6.04 Å². The third kappa shape index (κ3) is 3.88. The number of hydrogen-bond donors (Lipinski definition) is 3. The molecule has 7 heteroatoms. The molecule has 6 nitrogen and oxygen atoms in total. The van der Waals surface area contributed by atoms with Crippen LogP contribution in [0.25, 0.3) is 0 Å². The zero-order valence-electron chi connectivity index (χ0n) is 14.0. The molecule has 2 saturated heterocycles. The molecule has 0 bridgehead atoms. The normalized spacial score (nSPS) is 25.4. The molecule has 1 aromatic rings. The number of piperazine rings is 1. The molecule has 0 aliphatic carbocycles. The lowest BCUT2D eigenvalue weighted by atomic mass is 10.1. The number of nitrogens with zero attached hydrogens (tertiary/aromatic N) is 1. The van der Waals surface area contributed by atoms with Gasteiger partial charge in [-0.25, -0.2) is 4.79 Å². The Kier molecular flexibility index (Phi) is 5.38. The quantitative estimate of drug-likeness (QED) is 0.622. The number of benzene rings is 1. The lowest BCUT2D eigenvalue weighted by molar-refractivity contribution is -1.02. The van der Waals surface area contributed by atoms with E-state index in [2.05, 4.69) is 11.4 Å². The molecule has 2 aliphatic rings. The number of quaternary nitrogens is 2. The number of hydrogen-bond acceptors (Lipinski definition) is 2. The minimum Gasteiger partial charge on any atom is -0.336 e. The second kappa shape index (κ2) is 7.51. The smallest absolute Gasteiger partial charge is 0.324 e. The van der Waals surface area contributed by atoms with E-state index in [9.17, 15) is 9.59 Å². The number of rotatable bonds is 4. The van der Waals surface area contributed by atoms with Crippen LogP contribution in [0.1, 0.15) is 12.5 Å². The summed E-state index contributed by atoms with van der Waals surface area (Å²) in [7, 11) is 0. The van der Waals surface area contributed by atoms with E-state index in [4.69, 9.17) is 11.6 Å². The maximum atomic E-state index is 12.5. The molecule has 3 N–H and O–H groups in total. The fourth-order valence-electron chi connectivity index (χ4n) is 3.56. The maximum Gasteiger partial charge on any atom is 0.324 e. The van der Waals surface area contributed by atoms with Crippen molar-refractivity contribution >= 4 is 23.5 Å². The Labute approximate surface area is 147 Å². The minimum atomic E-state index is -0.253. The van der Waals surface area contributed by atoms with Gasteiger partial charge in [0.25, 0.3) is 5.91 Å². The van der Waals surface area contributed by atoms with Crippen LogP contribution in [0.5, 0.6) is 0 Å². The molecule has 2 aliphatic heterocycles. The topological polar surface area (TPSA) is 58.3 Å². The summed E-state index contributed by atoms with van der Waals surface area (Å²) in [6.45, 7) is 7.87. The second-order valence-electron chi connectivity index (χ2n) is 6.66. The molecule has 0 saturated carbocycles. The van der Waals surface area contributed by atoms with E-state index in [1.54, 1.807) is 0 Å². The van der Waals surface area contributed by atoms with Crippen LogP contribution in [0.4, 0.5) is 4.79 Å². The van der Waals surface area contributed by atoms with Crippen LogP contribution in [0, 0.1) is 0 Å². The average Bonchev–Trinajstić information content (AvgIpc) is 3.00. The lowest BCUT2D eigenvalue weighted by Crippen LogP contribution is -3.29. The fraction of sp³-hybridized carbons (Fsp3) is 0.529. The number of urea groups is 1. The van der Waals surface area contributed by atoms with Crippen molar-refractivity contribution in [1.29, 1.82) is 0 Å². The molecule has 0 radical (unpaired) electrons. The van der Waals surface area contributed by atoms with Crippen molar-refractivity contribution < 1.29 is 19.4 Å². The Balaban J connectivity index is 1.51. The largest absolute Gasteiger partial charge is 0.336 e. The zero-order chi connectivity index (χ0) is 17.1. The highest BCUT2D eigenvalue weighted by atomic mass is 35.5. The first-order chi connectivity index (χ1) is 11.5. The fourth-order valence-corrected chi connectivity index (χ4v) is 3.77. The van der Waals surface area contributed by atoms with Crippen LogP contribution < -0.4 is 15.1 Å². The van der Waals surface area contributed by atoms with Gasteiger partial charge in [0, 0.05) is 23.7 Å². The Morgan fingerprint density at radius 2 is 2.08 bits per heavy atom. The molecule has 130 valence electrons. The Hall–Kier alpha value is -1.63. The molecule has 2 fully saturated rings. The molecule has 1 aromatic carbocycles. The summed E-state index contributed by atoms with van der Waals surface area (Å²) < 4.78 is 0. The van der Waals surface area contributed by atoms with E-state index in [1.165, 1.54) is 20.3 Å². The van der Waals surface area contributed by atoms with E-state index < -0.39 is 0 Å². The van der Waals surface area contributed by atoms with Crippen LogP contribution in [0.3, 0.4) is 0 Å². The average molecular weight is 353 g/mol. The molecule has 3 rings (SSSR count). The molecular formula is C17H25ClN4O2+2. The monoisotopic (exact) mass is 352 g/mol. The molecule has 1 atom stereocenters. The first-order valence-electron chi connectivity index (χ1n) is 8.56. The predicted molar refractivity (Wildman–Crippen MR) is 91.1 cm³/mol. The summed E-state index contributed by atoms with van der Waals surface area (Å²) in [5, 5.41) is 3.47. The second-order valence-corrected chi connectivity index (χ2v) is 7.09. The van der Waals surface area contributed by atoms with Gasteiger partial charge in [0.1, 0.15) is 32.7 Å². The summed E-state index contributed by atoms with van der Waals surface area (Å²) in [6.07, 6.45) is 0. The van der Waals surface area contributed by atoms with Crippen molar-refractivity contribution in [3.05, 3.63) is 34.9 Å². The van der Waals surface area contributed by atoms with Crippen molar-refractivity contribution in [2.24, 2.45) is 0 Å². The van der Waals surface area contributed by atoms with E-state index >= 15 is 0 Å². The number of carbonyl (C=O) groups is 2. The number of amides is 3. The van der Waals surface area contributed by atoms with E-state index in [0.29, 0.717) is 13.1 Å². The summed E-state index contributed by atoms with van der Waals surface area (Å²) in [4.78, 5) is 28.3. The highest BCUT2D eigenvalue weighted by molar-refractivity contribution is 6.30. The number of halogens is 1. The standard InChI is InChI=1S/C17H23ClN4O2/c1-13(16(23)22-6-5-19-17(22)24)21-9-7-20(8-10-21)12-14-3-2-4-15(18)11-14/h2-4,11,13H,5-10,12H2,1H3,(H,19,24)/p+2/t13-/m1/s1. The summed E-state index contributed by atoms with van der Waals surface area (Å²) in [5.41, 5.74) is 1.25. The van der Waals surface area contributed by atoms with Crippen LogP contribution in [-0.2, 0) is 11.3 Å². The highest BCUT2D eigenvalue weighted by Gasteiger charge is 2.37. The van der Waals surface area contributed by atoms with Crippen LogP contribution in [0.2, 0.25) is 5.02 Å². The van der Waals surface area contributed by atoms with Gasteiger partial charge < -0.3 is 15.1 Å². The molecule has 0 unspecified atom stereocenters. The lowest BCUT2D eigenvalue weighted by Gasteiger charge is -2.33. The van der Waals surface area contributed by atoms with Crippen LogP contribution >= 0.6 is 11.6 Å². The van der Waals surface area contributed by atoms with E-state index in [0.717, 1.165) is 37.7 Å². The summed E-state index contributed by atoms with van der Waals surface area (Å²) in [5.74, 6) is -0.0571. The number of nitrogens with one attached hydrogen (secondary N) is 3. The van der Waals surface area contributed by atoms with Gasteiger partial charge in [0.05, 0.1) is 0 Å². The molecule has 3 amide bonds. The number of imide groups is 1. The van der Waals surface area contributed by atoms with Gasteiger partial charge in [-0.2, -0.15) is 0 Å². The zero-order valence-corrected chi connectivity index (χ0v) is 14.7. The third-order valence-corrected chi connectivity index (χ3v) is 5.28. The van der Waals surface area contributed by atoms with Crippen molar-refractivity contribution in [2.45, 2.75) is 19.5 Å². The summed E-state index contributed by atoms with van der Waals surface area (Å²) in [6, 6.07) is 7.59. The van der Waals surface area contributed by atoms with Crippen molar-refractivity contribution in [3.63, 3.8) is 0 Å². The van der Waals surface area contributed by atoms with Gasteiger partial charge in [-0.05, 0) is 19.1 Å². The van der Waals surface area contributed by atoms with E-state index in [1.807, 2.05) is 25.1 Å². The van der Waals surface area contributed by atoms with Crippen LogP contribution in [-0.4, -0.2) is 62.1 Å². The Bertz CT molecular complexity index is 616. The number of carbonyl (C=O) groups excluding carboxylic acids is 2. The first kappa shape index (κ1) is 17.2. The first-order valence-corrected chi connectivity index (χ1v) is 8.94. The van der Waals surface area contributed by atoms with Crippen molar-refractivity contribution in [3.8, 4) is 0 Å². The van der Waals surface area contributed by atoms with Gasteiger partial charge >= 0.3 is 6.03 Å². The highest BCUT2D eigenvalue weighted by Crippen LogP contribution is 2.09. The Morgan fingerprint density at radius 1 is 1.33 bits per heavy atom. The van der Waals surface area contributed by atoms with Crippen LogP contribution in [0.15, 0.2) is 24.3 Å². The Morgan fingerprint density at radius 3 is 2.71 bits per heavy atom. The van der Waals surface area contributed by atoms with E-state index in [-0.39, 0.29) is 18.0 Å². The predicted octanol–water partition coefficient (Wildman–Crippen LogP) is -1.44. The van der Waals surface area contributed by atoms with Gasteiger partial charge in [-0.3, -0.25) is 9.69 Å². The van der Waals surface area contributed by atoms with Gasteiger partial charge in [-0.1, -0.05) is 23.7 Å². The molecular weight excluding hydrogens is 328 g/mol. The van der Waals surface area contributed by atoms with Gasteiger partial charge in [-0.15, -0.1) is 0 Å². The van der Waals surface area contributed by atoms with Gasteiger partial charge in [0.2, 0.25) is 0 Å². The molecule has 24 heavy (non-hydrogen) atoms. The SMILES string of the molecule is C[C@H](C(=O)N1CCNC1=O)[NH+]1CC[NH+](Cc2cccc(Cl)c2)CC1. The molecule has 2 heterocycles. The minimum absolute atomic E-state index is 0.0571. The van der Waals surface area contributed by atoms with Crippen molar-refractivity contribution in [2.75, 3.05) is 39.3 Å². The summed E-state index contributed by atoms with van der Waals surface area (Å²) >= 11 is 6.05. The van der Waals surface area contributed by atoms with Crippen molar-refractivity contribution in [1.82, 2.24) is 10.2 Å². The maximum absolute atomic E-state index is 12.5.